The fraction of sp³-hybridized carbons (Fsp3) is 0.350. The van der Waals surface area contributed by atoms with E-state index in [0.29, 0.717) is 5.82 Å². The third-order valence-electron chi connectivity index (χ3n) is 4.80. The number of likely N-dealkylation sites (N-methyl/N-ethyl adjacent to an activating group) is 1. The van der Waals surface area contributed by atoms with Gasteiger partial charge in [0.15, 0.2) is 0 Å². The van der Waals surface area contributed by atoms with Crippen LogP contribution in [-0.4, -0.2) is 34.4 Å². The Kier molecular flexibility index (Phi) is 5.23. The molecule has 2 aromatic heterocycles. The molecule has 5 nitrogen and oxygen atoms in total. The Labute approximate surface area is 158 Å². The molecule has 0 saturated heterocycles. The number of carbonyl (C=O) groups excluding carboxylic acids is 1. The maximum Gasteiger partial charge on any atom is 0.242 e. The third kappa shape index (κ3) is 3.55. The van der Waals surface area contributed by atoms with E-state index in [2.05, 4.69) is 29.1 Å². The quantitative estimate of drug-likeness (QED) is 0.731. The molecule has 1 N–H and O–H groups in total. The van der Waals surface area contributed by atoms with Crippen molar-refractivity contribution < 1.29 is 4.79 Å². The van der Waals surface area contributed by atoms with E-state index in [1.165, 1.54) is 10.4 Å². The summed E-state index contributed by atoms with van der Waals surface area (Å²) in [6.45, 7) is 8.27. The Morgan fingerprint density at radius 2 is 1.88 bits per heavy atom. The highest BCUT2D eigenvalue weighted by Crippen LogP contribution is 2.33. The minimum absolute atomic E-state index is 0.0165. The second-order valence-electron chi connectivity index (χ2n) is 6.53. The van der Waals surface area contributed by atoms with Crippen molar-refractivity contribution in [3.05, 3.63) is 52.2 Å². The Morgan fingerprint density at radius 3 is 2.58 bits per heavy atom. The summed E-state index contributed by atoms with van der Waals surface area (Å²) in [6, 6.07) is 10.1. The van der Waals surface area contributed by atoms with Crippen molar-refractivity contribution in [1.29, 1.82) is 0 Å². The van der Waals surface area contributed by atoms with Gasteiger partial charge in [-0.05, 0) is 38.8 Å². The number of fused-ring (bicyclic) bond motifs is 1. The lowest BCUT2D eigenvalue weighted by atomic mass is 10.1. The van der Waals surface area contributed by atoms with Gasteiger partial charge in [0.05, 0.1) is 18.0 Å². The number of rotatable bonds is 5. The number of carbonyl (C=O) groups is 1. The molecule has 2 heterocycles. The SMILES string of the molecule is Cc1nc(NCC(=O)N(C)[C@@H](C)c2ccccc2)c2c(C)c(C)sc2n1. The Bertz CT molecular complexity index is 936. The van der Waals surface area contributed by atoms with Gasteiger partial charge >= 0.3 is 0 Å². The smallest absolute Gasteiger partial charge is 0.242 e. The molecule has 6 heteroatoms. The van der Waals surface area contributed by atoms with E-state index < -0.39 is 0 Å². The minimum Gasteiger partial charge on any atom is -0.360 e. The zero-order valence-electron chi connectivity index (χ0n) is 15.8. The number of aromatic nitrogens is 2. The predicted octanol–water partition coefficient (Wildman–Crippen LogP) is 4.25. The Balaban J connectivity index is 1.76. The summed E-state index contributed by atoms with van der Waals surface area (Å²) in [5.74, 6) is 1.47. The second kappa shape index (κ2) is 7.41. The van der Waals surface area contributed by atoms with Crippen molar-refractivity contribution in [3.8, 4) is 0 Å². The molecule has 3 rings (SSSR count). The molecule has 0 radical (unpaired) electrons. The topological polar surface area (TPSA) is 58.1 Å². The van der Waals surface area contributed by atoms with Gasteiger partial charge < -0.3 is 10.2 Å². The van der Waals surface area contributed by atoms with Crippen LogP contribution in [0.2, 0.25) is 0 Å². The van der Waals surface area contributed by atoms with Crippen LogP contribution in [0.5, 0.6) is 0 Å². The maximum atomic E-state index is 12.7. The molecular weight excluding hydrogens is 344 g/mol. The van der Waals surface area contributed by atoms with Crippen molar-refractivity contribution >= 4 is 33.3 Å². The zero-order chi connectivity index (χ0) is 18.8. The Hall–Kier alpha value is -2.47. The van der Waals surface area contributed by atoms with Crippen LogP contribution in [0.25, 0.3) is 10.2 Å². The molecule has 0 aliphatic rings. The van der Waals surface area contributed by atoms with Crippen LogP contribution >= 0.6 is 11.3 Å². The van der Waals surface area contributed by atoms with Gasteiger partial charge in [-0.1, -0.05) is 30.3 Å². The summed E-state index contributed by atoms with van der Waals surface area (Å²) in [4.78, 5) is 25.7. The van der Waals surface area contributed by atoms with Crippen LogP contribution in [-0.2, 0) is 4.79 Å². The van der Waals surface area contributed by atoms with E-state index in [1.54, 1.807) is 16.2 Å². The van der Waals surface area contributed by atoms with E-state index in [0.717, 1.165) is 21.6 Å². The van der Waals surface area contributed by atoms with Gasteiger partial charge in [0.1, 0.15) is 16.5 Å². The normalized spacial score (nSPS) is 12.2. The number of anilines is 1. The molecule has 26 heavy (non-hydrogen) atoms. The summed E-state index contributed by atoms with van der Waals surface area (Å²) in [7, 11) is 1.84. The van der Waals surface area contributed by atoms with Crippen molar-refractivity contribution in [1.82, 2.24) is 14.9 Å². The van der Waals surface area contributed by atoms with Gasteiger partial charge in [0.25, 0.3) is 0 Å². The highest BCUT2D eigenvalue weighted by molar-refractivity contribution is 7.18. The van der Waals surface area contributed by atoms with Crippen LogP contribution in [0.3, 0.4) is 0 Å². The number of hydrogen-bond acceptors (Lipinski definition) is 5. The fourth-order valence-electron chi connectivity index (χ4n) is 2.94. The predicted molar refractivity (Wildman–Crippen MR) is 108 cm³/mol. The number of thiophene rings is 1. The van der Waals surface area contributed by atoms with Crippen LogP contribution < -0.4 is 5.32 Å². The summed E-state index contributed by atoms with van der Waals surface area (Å²) in [5, 5.41) is 4.25. The monoisotopic (exact) mass is 368 g/mol. The second-order valence-corrected chi connectivity index (χ2v) is 7.73. The average Bonchev–Trinajstić information content (AvgIpc) is 2.92. The highest BCUT2D eigenvalue weighted by atomic mass is 32.1. The first-order valence-corrected chi connectivity index (χ1v) is 9.49. The molecule has 0 bridgehead atoms. The van der Waals surface area contributed by atoms with Gasteiger partial charge in [-0.15, -0.1) is 11.3 Å². The van der Waals surface area contributed by atoms with Gasteiger partial charge in [-0.3, -0.25) is 4.79 Å². The van der Waals surface area contributed by atoms with Crippen LogP contribution in [0.4, 0.5) is 5.82 Å². The molecule has 1 amide bonds. The summed E-state index contributed by atoms with van der Waals surface area (Å²) in [5.41, 5.74) is 2.29. The summed E-state index contributed by atoms with van der Waals surface area (Å²) >= 11 is 1.66. The van der Waals surface area contributed by atoms with Gasteiger partial charge in [0, 0.05) is 11.9 Å². The molecule has 1 aromatic carbocycles. The van der Waals surface area contributed by atoms with Crippen LogP contribution in [0, 0.1) is 20.8 Å². The summed E-state index contributed by atoms with van der Waals surface area (Å²) < 4.78 is 0. The van der Waals surface area contributed by atoms with Gasteiger partial charge in [-0.2, -0.15) is 0 Å². The first-order chi connectivity index (χ1) is 12.4. The molecule has 0 spiro atoms. The van der Waals surface area contributed by atoms with Crippen LogP contribution in [0.15, 0.2) is 30.3 Å². The van der Waals surface area contributed by atoms with E-state index >= 15 is 0 Å². The molecule has 1 atom stereocenters. The molecule has 3 aromatic rings. The fourth-order valence-corrected chi connectivity index (χ4v) is 4.01. The number of hydrogen-bond donors (Lipinski definition) is 1. The molecule has 0 aliphatic carbocycles. The van der Waals surface area contributed by atoms with Crippen molar-refractivity contribution in [3.63, 3.8) is 0 Å². The van der Waals surface area contributed by atoms with Crippen molar-refractivity contribution in [2.24, 2.45) is 0 Å². The number of aryl methyl sites for hydroxylation is 3. The van der Waals surface area contributed by atoms with E-state index in [-0.39, 0.29) is 18.5 Å². The zero-order valence-corrected chi connectivity index (χ0v) is 16.6. The molecule has 0 saturated carbocycles. The maximum absolute atomic E-state index is 12.7. The number of nitrogens with one attached hydrogen (secondary N) is 1. The van der Waals surface area contributed by atoms with Gasteiger partial charge in [0.2, 0.25) is 5.91 Å². The standard InChI is InChI=1S/C20H24N4OS/c1-12-14(3)26-20-18(12)19(22-15(4)23-20)21-11-17(25)24(5)13(2)16-9-7-6-8-10-16/h6-10,13H,11H2,1-5H3,(H,21,22,23)/t13-/m0/s1. The number of nitrogens with zero attached hydrogens (tertiary/aromatic N) is 3. The summed E-state index contributed by atoms with van der Waals surface area (Å²) in [6.07, 6.45) is 0. The van der Waals surface area contributed by atoms with Crippen molar-refractivity contribution in [2.75, 3.05) is 18.9 Å². The average molecular weight is 369 g/mol. The number of amides is 1. The molecule has 0 unspecified atom stereocenters. The lowest BCUT2D eigenvalue weighted by molar-refractivity contribution is -0.129. The van der Waals surface area contributed by atoms with E-state index in [1.807, 2.05) is 51.2 Å². The largest absolute Gasteiger partial charge is 0.360 e. The van der Waals surface area contributed by atoms with Crippen molar-refractivity contribution in [2.45, 2.75) is 33.7 Å². The van der Waals surface area contributed by atoms with E-state index in [9.17, 15) is 4.79 Å². The number of benzene rings is 1. The Morgan fingerprint density at radius 1 is 1.19 bits per heavy atom. The molecule has 136 valence electrons. The lowest BCUT2D eigenvalue weighted by Crippen LogP contribution is -2.34. The molecular formula is C20H24N4OS. The first-order valence-electron chi connectivity index (χ1n) is 8.67. The highest BCUT2D eigenvalue weighted by Gasteiger charge is 2.19. The van der Waals surface area contributed by atoms with Crippen LogP contribution in [0.1, 0.15) is 34.8 Å². The lowest BCUT2D eigenvalue weighted by Gasteiger charge is -2.25. The van der Waals surface area contributed by atoms with Gasteiger partial charge in [-0.25, -0.2) is 9.97 Å². The molecule has 0 aliphatic heterocycles. The van der Waals surface area contributed by atoms with E-state index in [4.69, 9.17) is 0 Å². The molecule has 0 fully saturated rings. The minimum atomic E-state index is 0.0165. The third-order valence-corrected chi connectivity index (χ3v) is 5.90. The first kappa shape index (κ1) is 18.3.